The number of nitrogens with zero attached hydrogens (tertiary/aromatic N) is 1. The molecule has 2 rings (SSSR count). The van der Waals surface area contributed by atoms with Crippen molar-refractivity contribution >= 4 is 23.9 Å². The van der Waals surface area contributed by atoms with Crippen molar-refractivity contribution in [3.05, 3.63) is 28.1 Å². The predicted molar refractivity (Wildman–Crippen MR) is 60.4 cm³/mol. The molecule has 0 amide bonds. The lowest BCUT2D eigenvalue weighted by Crippen LogP contribution is -2.27. The molecular weight excluding hydrogens is 190 g/mol. The lowest BCUT2D eigenvalue weighted by atomic mass is 10.1. The normalized spacial score (nSPS) is 13.4. The number of hydrogen-bond acceptors (Lipinski definition) is 2. The van der Waals surface area contributed by atoms with Gasteiger partial charge in [0.05, 0.1) is 5.56 Å². The van der Waals surface area contributed by atoms with Gasteiger partial charge in [0, 0.05) is 4.90 Å². The molecule has 1 aliphatic rings. The van der Waals surface area contributed by atoms with E-state index in [-0.39, 0.29) is 0 Å². The maximum atomic E-state index is 8.96. The summed E-state index contributed by atoms with van der Waals surface area (Å²) in [7, 11) is 0. The summed E-state index contributed by atoms with van der Waals surface area (Å²) >= 11 is 1.64. The van der Waals surface area contributed by atoms with Crippen molar-refractivity contribution < 1.29 is 0 Å². The summed E-state index contributed by atoms with van der Waals surface area (Å²) in [4.78, 5) is 1.08. The SMILES string of the molecule is CSc1cc2c(cc1C#N)=CCCC=2. The highest BCUT2D eigenvalue weighted by molar-refractivity contribution is 7.98. The summed E-state index contributed by atoms with van der Waals surface area (Å²) in [5.41, 5.74) is 0.794. The summed E-state index contributed by atoms with van der Waals surface area (Å²) in [6, 6.07) is 6.36. The largest absolute Gasteiger partial charge is 0.192 e. The summed E-state index contributed by atoms with van der Waals surface area (Å²) in [5.74, 6) is 0. The Balaban J connectivity index is 2.76. The average Bonchev–Trinajstić information content (AvgIpc) is 2.27. The molecule has 0 saturated heterocycles. The Kier molecular flexibility index (Phi) is 2.60. The van der Waals surface area contributed by atoms with Crippen molar-refractivity contribution in [1.82, 2.24) is 0 Å². The zero-order valence-corrected chi connectivity index (χ0v) is 8.90. The van der Waals surface area contributed by atoms with Crippen molar-refractivity contribution in [2.24, 2.45) is 0 Å². The molecule has 14 heavy (non-hydrogen) atoms. The molecule has 0 radical (unpaired) electrons. The molecule has 70 valence electrons. The van der Waals surface area contributed by atoms with E-state index in [1.807, 2.05) is 12.3 Å². The Hall–Kier alpha value is -1.20. The van der Waals surface area contributed by atoms with E-state index in [0.29, 0.717) is 0 Å². The lowest BCUT2D eigenvalue weighted by Gasteiger charge is -2.04. The van der Waals surface area contributed by atoms with Crippen LogP contribution in [0.1, 0.15) is 18.4 Å². The number of nitriles is 1. The minimum absolute atomic E-state index is 0.794. The smallest absolute Gasteiger partial charge is 0.100 e. The molecule has 0 N–H and O–H groups in total. The zero-order chi connectivity index (χ0) is 9.97. The van der Waals surface area contributed by atoms with Gasteiger partial charge in [0.15, 0.2) is 0 Å². The van der Waals surface area contributed by atoms with E-state index < -0.39 is 0 Å². The van der Waals surface area contributed by atoms with Gasteiger partial charge in [-0.1, -0.05) is 12.2 Å². The first-order valence-corrected chi connectivity index (χ1v) is 5.86. The molecule has 0 aliphatic heterocycles. The molecule has 0 heterocycles. The average molecular weight is 201 g/mol. The fourth-order valence-electron chi connectivity index (χ4n) is 1.70. The van der Waals surface area contributed by atoms with Crippen LogP contribution in [0.25, 0.3) is 12.2 Å². The van der Waals surface area contributed by atoms with Crippen molar-refractivity contribution in [3.8, 4) is 6.07 Å². The van der Waals surface area contributed by atoms with Gasteiger partial charge >= 0.3 is 0 Å². The molecule has 0 unspecified atom stereocenters. The highest BCUT2D eigenvalue weighted by atomic mass is 32.2. The molecule has 0 atom stereocenters. The van der Waals surface area contributed by atoms with Crippen LogP contribution in [0, 0.1) is 11.3 Å². The molecule has 1 aromatic rings. The first-order chi connectivity index (χ1) is 6.85. The monoisotopic (exact) mass is 201 g/mol. The van der Waals surface area contributed by atoms with E-state index in [1.165, 1.54) is 10.4 Å². The van der Waals surface area contributed by atoms with E-state index in [2.05, 4.69) is 24.3 Å². The Labute approximate surface area is 87.8 Å². The molecule has 0 fully saturated rings. The standard InChI is InChI=1S/C12H11NS/c1-14-12-7-10-5-3-2-4-9(10)6-11(12)8-13/h4-7H,2-3H2,1H3. The van der Waals surface area contributed by atoms with Crippen LogP contribution in [0.3, 0.4) is 0 Å². The van der Waals surface area contributed by atoms with Gasteiger partial charge in [0.2, 0.25) is 0 Å². The summed E-state index contributed by atoms with van der Waals surface area (Å²) in [6.07, 6.45) is 8.68. The summed E-state index contributed by atoms with van der Waals surface area (Å²) in [6.45, 7) is 0. The van der Waals surface area contributed by atoms with Crippen LogP contribution < -0.4 is 10.4 Å². The van der Waals surface area contributed by atoms with Crippen LogP contribution in [0.15, 0.2) is 17.0 Å². The second-order valence-electron chi connectivity index (χ2n) is 3.28. The van der Waals surface area contributed by atoms with E-state index in [0.717, 1.165) is 23.3 Å². The van der Waals surface area contributed by atoms with Gasteiger partial charge in [-0.15, -0.1) is 11.8 Å². The second kappa shape index (κ2) is 3.89. The first-order valence-electron chi connectivity index (χ1n) is 4.63. The van der Waals surface area contributed by atoms with Gasteiger partial charge in [-0.3, -0.25) is 0 Å². The summed E-state index contributed by atoms with van der Waals surface area (Å²) in [5, 5.41) is 11.5. The van der Waals surface area contributed by atoms with Crippen molar-refractivity contribution in [3.63, 3.8) is 0 Å². The van der Waals surface area contributed by atoms with Crippen molar-refractivity contribution in [2.75, 3.05) is 6.26 Å². The van der Waals surface area contributed by atoms with Gasteiger partial charge in [0.1, 0.15) is 6.07 Å². The Morgan fingerprint density at radius 3 is 2.43 bits per heavy atom. The molecule has 1 aromatic carbocycles. The number of thioether (sulfide) groups is 1. The van der Waals surface area contributed by atoms with Gasteiger partial charge in [-0.2, -0.15) is 5.26 Å². The molecular formula is C12H11NS. The summed E-state index contributed by atoms with van der Waals surface area (Å²) < 4.78 is 0. The van der Waals surface area contributed by atoms with E-state index >= 15 is 0 Å². The Morgan fingerprint density at radius 1 is 1.21 bits per heavy atom. The number of benzene rings is 1. The van der Waals surface area contributed by atoms with Crippen LogP contribution in [0.5, 0.6) is 0 Å². The van der Waals surface area contributed by atoms with Crippen molar-refractivity contribution in [2.45, 2.75) is 17.7 Å². The molecule has 0 saturated carbocycles. The molecule has 0 bridgehead atoms. The van der Waals surface area contributed by atoms with Crippen LogP contribution in [-0.4, -0.2) is 6.26 Å². The zero-order valence-electron chi connectivity index (χ0n) is 8.08. The number of fused-ring (bicyclic) bond motifs is 1. The maximum Gasteiger partial charge on any atom is 0.100 e. The number of hydrogen-bond donors (Lipinski definition) is 0. The third-order valence-electron chi connectivity index (χ3n) is 2.42. The third kappa shape index (κ3) is 1.56. The van der Waals surface area contributed by atoms with Gasteiger partial charge < -0.3 is 0 Å². The van der Waals surface area contributed by atoms with E-state index in [4.69, 9.17) is 5.26 Å². The third-order valence-corrected chi connectivity index (χ3v) is 3.20. The fraction of sp³-hybridized carbons (Fsp3) is 0.250. The van der Waals surface area contributed by atoms with Crippen LogP contribution in [-0.2, 0) is 0 Å². The minimum Gasteiger partial charge on any atom is -0.192 e. The van der Waals surface area contributed by atoms with Gasteiger partial charge in [0.25, 0.3) is 0 Å². The van der Waals surface area contributed by atoms with Crippen LogP contribution in [0.4, 0.5) is 0 Å². The van der Waals surface area contributed by atoms with Gasteiger partial charge in [-0.05, 0) is 41.7 Å². The Bertz CT molecular complexity index is 508. The number of rotatable bonds is 1. The van der Waals surface area contributed by atoms with E-state index in [9.17, 15) is 0 Å². The van der Waals surface area contributed by atoms with E-state index in [1.54, 1.807) is 11.8 Å². The maximum absolute atomic E-state index is 8.96. The van der Waals surface area contributed by atoms with Crippen LogP contribution in [0.2, 0.25) is 0 Å². The molecule has 0 spiro atoms. The molecule has 2 heteroatoms. The fourth-order valence-corrected chi connectivity index (χ4v) is 2.27. The van der Waals surface area contributed by atoms with Crippen LogP contribution >= 0.6 is 11.8 Å². The topological polar surface area (TPSA) is 23.8 Å². The minimum atomic E-state index is 0.794. The quantitative estimate of drug-likeness (QED) is 0.645. The Morgan fingerprint density at radius 2 is 1.86 bits per heavy atom. The predicted octanol–water partition coefficient (Wildman–Crippen LogP) is 1.63. The highest BCUT2D eigenvalue weighted by Gasteiger charge is 2.02. The first kappa shape index (κ1) is 9.36. The molecule has 1 nitrogen and oxygen atoms in total. The second-order valence-corrected chi connectivity index (χ2v) is 4.13. The molecule has 0 aromatic heterocycles. The van der Waals surface area contributed by atoms with Gasteiger partial charge in [-0.25, -0.2) is 0 Å². The molecule has 1 aliphatic carbocycles. The highest BCUT2D eigenvalue weighted by Crippen LogP contribution is 2.16. The lowest BCUT2D eigenvalue weighted by molar-refractivity contribution is 1.11. The van der Waals surface area contributed by atoms with Crippen molar-refractivity contribution in [1.29, 1.82) is 5.26 Å².